The maximum absolute atomic E-state index is 11.7. The van der Waals surface area contributed by atoms with Crippen molar-refractivity contribution in [2.45, 2.75) is 65.6 Å². The molecular weight excluding hydrogens is 230 g/mol. The van der Waals surface area contributed by atoms with E-state index in [-0.39, 0.29) is 16.6 Å². The third-order valence-electron chi connectivity index (χ3n) is 3.62. The number of primary amides is 1. The second-order valence-electron chi connectivity index (χ2n) is 6.07. The Balaban J connectivity index is 4.59. The minimum atomic E-state index is -0.400. The average Bonchev–Trinajstić information content (AvgIpc) is 2.16. The van der Waals surface area contributed by atoms with Crippen molar-refractivity contribution in [1.29, 1.82) is 0 Å². The molecule has 0 aromatic heterocycles. The molecule has 0 radical (unpaired) electrons. The van der Waals surface area contributed by atoms with E-state index in [0.29, 0.717) is 0 Å². The van der Waals surface area contributed by atoms with E-state index in [0.717, 1.165) is 12.2 Å². The molecule has 1 unspecified atom stereocenters. The van der Waals surface area contributed by atoms with Gasteiger partial charge >= 0.3 is 0 Å². The summed E-state index contributed by atoms with van der Waals surface area (Å²) in [5, 5.41) is 0. The van der Waals surface area contributed by atoms with Gasteiger partial charge in [-0.1, -0.05) is 48.0 Å². The first-order chi connectivity index (χ1) is 7.65. The van der Waals surface area contributed by atoms with Gasteiger partial charge in [-0.25, -0.2) is 0 Å². The Morgan fingerprint density at radius 2 is 1.82 bits per heavy atom. The molecule has 102 valence electrons. The lowest BCUT2D eigenvalue weighted by molar-refractivity contribution is -0.129. The van der Waals surface area contributed by atoms with Crippen LogP contribution < -0.4 is 5.73 Å². The van der Waals surface area contributed by atoms with E-state index in [1.165, 1.54) is 12.8 Å². The molecule has 0 rings (SSSR count). The van der Waals surface area contributed by atoms with Crippen LogP contribution in [0.25, 0.3) is 0 Å². The quantitative estimate of drug-likeness (QED) is 0.673. The van der Waals surface area contributed by atoms with Crippen molar-refractivity contribution in [2.24, 2.45) is 17.1 Å². The molecule has 0 aliphatic carbocycles. The zero-order valence-corrected chi connectivity index (χ0v) is 13.1. The van der Waals surface area contributed by atoms with Gasteiger partial charge in [0.2, 0.25) is 5.91 Å². The topological polar surface area (TPSA) is 43.1 Å². The average molecular weight is 259 g/mol. The molecule has 0 aromatic rings. The lowest BCUT2D eigenvalue weighted by Crippen LogP contribution is -2.43. The van der Waals surface area contributed by atoms with E-state index >= 15 is 0 Å². The Kier molecular flexibility index (Phi) is 6.60. The highest BCUT2D eigenvalue weighted by atomic mass is 32.2. The first-order valence-electron chi connectivity index (χ1n) is 6.59. The van der Waals surface area contributed by atoms with Crippen molar-refractivity contribution >= 4 is 17.7 Å². The number of carbonyl (C=O) groups is 1. The molecule has 0 spiro atoms. The molecular formula is C14H29NOS. The largest absolute Gasteiger partial charge is 0.369 e. The fraction of sp³-hybridized carbons (Fsp3) is 0.929. The van der Waals surface area contributed by atoms with Crippen molar-refractivity contribution in [3.05, 3.63) is 0 Å². The summed E-state index contributed by atoms with van der Waals surface area (Å²) in [7, 11) is 0. The smallest absolute Gasteiger partial charge is 0.223 e. The standard InChI is InChI=1S/C14H29NOS/c1-7-8-9-17-13(4,5)10-14(6,11(2)3)12(15)16/h11H,7-10H2,1-6H3,(H2,15,16). The van der Waals surface area contributed by atoms with Gasteiger partial charge < -0.3 is 5.73 Å². The second kappa shape index (κ2) is 6.67. The molecule has 2 nitrogen and oxygen atoms in total. The van der Waals surface area contributed by atoms with E-state index in [9.17, 15) is 4.79 Å². The number of thioether (sulfide) groups is 1. The van der Waals surface area contributed by atoms with Crippen LogP contribution in [0.5, 0.6) is 0 Å². The number of amides is 1. The molecule has 0 fully saturated rings. The third-order valence-corrected chi connectivity index (χ3v) is 5.04. The minimum Gasteiger partial charge on any atom is -0.369 e. The van der Waals surface area contributed by atoms with E-state index in [4.69, 9.17) is 5.73 Å². The normalized spacial score (nSPS) is 15.9. The predicted octanol–water partition coefficient (Wildman–Crippen LogP) is 3.84. The van der Waals surface area contributed by atoms with Crippen LogP contribution >= 0.6 is 11.8 Å². The number of hydrogen-bond acceptors (Lipinski definition) is 2. The van der Waals surface area contributed by atoms with Gasteiger partial charge in [-0.15, -0.1) is 0 Å². The van der Waals surface area contributed by atoms with Gasteiger partial charge in [0, 0.05) is 10.2 Å². The lowest BCUT2D eigenvalue weighted by atomic mass is 9.72. The van der Waals surface area contributed by atoms with E-state index in [1.54, 1.807) is 0 Å². The molecule has 1 amide bonds. The lowest BCUT2D eigenvalue weighted by Gasteiger charge is -2.38. The summed E-state index contributed by atoms with van der Waals surface area (Å²) >= 11 is 1.96. The summed E-state index contributed by atoms with van der Waals surface area (Å²) in [6.07, 6.45) is 3.31. The zero-order valence-electron chi connectivity index (χ0n) is 12.3. The predicted molar refractivity (Wildman–Crippen MR) is 78.2 cm³/mol. The van der Waals surface area contributed by atoms with Crippen LogP contribution in [0.2, 0.25) is 0 Å². The summed E-state index contributed by atoms with van der Waals surface area (Å²) in [6.45, 7) is 12.8. The second-order valence-corrected chi connectivity index (χ2v) is 7.88. The molecule has 17 heavy (non-hydrogen) atoms. The molecule has 0 aromatic carbocycles. The van der Waals surface area contributed by atoms with Gasteiger partial charge in [-0.2, -0.15) is 11.8 Å². The SMILES string of the molecule is CCCCSC(C)(C)CC(C)(C(N)=O)C(C)C. The fourth-order valence-electron chi connectivity index (χ4n) is 2.00. The van der Waals surface area contributed by atoms with Crippen molar-refractivity contribution in [1.82, 2.24) is 0 Å². The Morgan fingerprint density at radius 3 is 2.18 bits per heavy atom. The van der Waals surface area contributed by atoms with Crippen molar-refractivity contribution in [3.63, 3.8) is 0 Å². The van der Waals surface area contributed by atoms with Crippen LogP contribution in [0.15, 0.2) is 0 Å². The number of rotatable bonds is 8. The zero-order chi connectivity index (χ0) is 13.7. The van der Waals surface area contributed by atoms with Crippen molar-refractivity contribution < 1.29 is 4.79 Å². The van der Waals surface area contributed by atoms with E-state index in [1.807, 2.05) is 18.7 Å². The molecule has 0 heterocycles. The van der Waals surface area contributed by atoms with Crippen molar-refractivity contribution in [3.8, 4) is 0 Å². The van der Waals surface area contributed by atoms with Crippen LogP contribution in [0.1, 0.15) is 60.8 Å². The van der Waals surface area contributed by atoms with Gasteiger partial charge in [0.1, 0.15) is 0 Å². The maximum atomic E-state index is 11.7. The Morgan fingerprint density at radius 1 is 1.29 bits per heavy atom. The monoisotopic (exact) mass is 259 g/mol. The molecule has 1 atom stereocenters. The molecule has 2 N–H and O–H groups in total. The van der Waals surface area contributed by atoms with Gasteiger partial charge in [0.15, 0.2) is 0 Å². The molecule has 0 saturated heterocycles. The number of unbranched alkanes of at least 4 members (excludes halogenated alkanes) is 1. The first kappa shape index (κ1) is 16.8. The van der Waals surface area contributed by atoms with Gasteiger partial charge in [0.25, 0.3) is 0 Å². The van der Waals surface area contributed by atoms with Crippen molar-refractivity contribution in [2.75, 3.05) is 5.75 Å². The highest BCUT2D eigenvalue weighted by molar-refractivity contribution is 8.00. The van der Waals surface area contributed by atoms with Gasteiger partial charge in [0.05, 0.1) is 0 Å². The number of carbonyl (C=O) groups excluding carboxylic acids is 1. The summed E-state index contributed by atoms with van der Waals surface area (Å²) in [5.41, 5.74) is 5.19. The molecule has 0 aliphatic rings. The maximum Gasteiger partial charge on any atom is 0.223 e. The summed E-state index contributed by atoms with van der Waals surface area (Å²) in [4.78, 5) is 11.7. The Labute approximate surface area is 111 Å². The summed E-state index contributed by atoms with van der Waals surface area (Å²) < 4.78 is 0.114. The first-order valence-corrected chi connectivity index (χ1v) is 7.58. The Bertz CT molecular complexity index is 251. The van der Waals surface area contributed by atoms with Crippen LogP contribution in [0.4, 0.5) is 0 Å². The molecule has 0 aliphatic heterocycles. The van der Waals surface area contributed by atoms with E-state index in [2.05, 4.69) is 34.6 Å². The van der Waals surface area contributed by atoms with E-state index < -0.39 is 5.41 Å². The van der Waals surface area contributed by atoms with Gasteiger partial charge in [-0.3, -0.25) is 4.79 Å². The van der Waals surface area contributed by atoms with Crippen LogP contribution in [-0.4, -0.2) is 16.4 Å². The number of hydrogen-bond donors (Lipinski definition) is 1. The molecule has 0 saturated carbocycles. The summed E-state index contributed by atoms with van der Waals surface area (Å²) in [5.74, 6) is 1.28. The highest BCUT2D eigenvalue weighted by Gasteiger charge is 2.39. The highest BCUT2D eigenvalue weighted by Crippen LogP contribution is 2.41. The summed E-state index contributed by atoms with van der Waals surface area (Å²) in [6, 6.07) is 0. The molecule has 3 heteroatoms. The van der Waals surface area contributed by atoms with Gasteiger partial charge in [-0.05, 0) is 24.5 Å². The Hall–Kier alpha value is -0.180. The van der Waals surface area contributed by atoms with Crippen LogP contribution in [0, 0.1) is 11.3 Å². The van der Waals surface area contributed by atoms with Crippen LogP contribution in [0.3, 0.4) is 0 Å². The van der Waals surface area contributed by atoms with Crippen LogP contribution in [-0.2, 0) is 4.79 Å². The number of nitrogens with two attached hydrogens (primary N) is 1. The third kappa shape index (κ3) is 5.33. The fourth-order valence-corrected chi connectivity index (χ4v) is 3.39. The minimum absolute atomic E-state index is 0.114. The molecule has 0 bridgehead atoms.